The molecule has 0 atom stereocenters. The van der Waals surface area contributed by atoms with E-state index in [1.54, 1.807) is 23.9 Å². The van der Waals surface area contributed by atoms with Gasteiger partial charge in [-0.25, -0.2) is 4.39 Å². The van der Waals surface area contributed by atoms with Crippen LogP contribution >= 0.6 is 23.4 Å². The highest BCUT2D eigenvalue weighted by molar-refractivity contribution is 7.98. The smallest absolute Gasteiger partial charge is 0.127 e. The minimum Gasteiger partial charge on any atom is -0.316 e. The van der Waals surface area contributed by atoms with Gasteiger partial charge in [0, 0.05) is 10.8 Å². The Labute approximate surface area is 98.4 Å². The number of hydrogen-bond acceptors (Lipinski definition) is 2. The zero-order valence-corrected chi connectivity index (χ0v) is 9.87. The molecule has 1 fully saturated rings. The van der Waals surface area contributed by atoms with E-state index in [1.807, 2.05) is 0 Å². The molecule has 1 aliphatic heterocycles. The number of thioether (sulfide) groups is 1. The lowest BCUT2D eigenvalue weighted by Crippen LogP contribution is -2.43. The summed E-state index contributed by atoms with van der Waals surface area (Å²) in [6, 6.07) is 4.73. The van der Waals surface area contributed by atoms with Crippen LogP contribution in [0.25, 0.3) is 0 Å². The zero-order valence-electron chi connectivity index (χ0n) is 8.30. The largest absolute Gasteiger partial charge is 0.316 e. The average Bonchev–Trinajstić information content (AvgIpc) is 2.15. The van der Waals surface area contributed by atoms with Gasteiger partial charge in [0.15, 0.2) is 0 Å². The first-order valence-corrected chi connectivity index (χ1v) is 6.51. The Morgan fingerprint density at radius 1 is 1.47 bits per heavy atom. The van der Waals surface area contributed by atoms with Gasteiger partial charge in [-0.3, -0.25) is 0 Å². The lowest BCUT2D eigenvalue weighted by molar-refractivity contribution is 0.385. The van der Waals surface area contributed by atoms with Crippen molar-refractivity contribution in [2.75, 3.05) is 18.8 Å². The van der Waals surface area contributed by atoms with Gasteiger partial charge in [0.2, 0.25) is 0 Å². The van der Waals surface area contributed by atoms with Gasteiger partial charge in [-0.15, -0.1) is 0 Å². The van der Waals surface area contributed by atoms with Gasteiger partial charge < -0.3 is 5.32 Å². The first-order chi connectivity index (χ1) is 7.25. The molecule has 0 bridgehead atoms. The van der Waals surface area contributed by atoms with Gasteiger partial charge in [-0.1, -0.05) is 11.6 Å². The molecule has 0 saturated carbocycles. The summed E-state index contributed by atoms with van der Waals surface area (Å²) in [4.78, 5) is 0. The van der Waals surface area contributed by atoms with Gasteiger partial charge in [-0.05, 0) is 48.5 Å². The van der Waals surface area contributed by atoms with Crippen LogP contribution in [0.4, 0.5) is 4.39 Å². The van der Waals surface area contributed by atoms with Crippen molar-refractivity contribution in [3.05, 3.63) is 34.6 Å². The Hall–Kier alpha value is -0.250. The fourth-order valence-electron chi connectivity index (χ4n) is 1.46. The third-order valence-corrected chi connectivity index (χ3v) is 3.94. The Morgan fingerprint density at radius 3 is 2.93 bits per heavy atom. The molecule has 1 N–H and O–H groups in total. The summed E-state index contributed by atoms with van der Waals surface area (Å²) in [7, 11) is 0. The van der Waals surface area contributed by atoms with Crippen LogP contribution in [0.2, 0.25) is 5.02 Å². The number of hydrogen-bond donors (Lipinski definition) is 1. The molecule has 1 nitrogen and oxygen atoms in total. The predicted octanol–water partition coefficient (Wildman–Crippen LogP) is 2.93. The summed E-state index contributed by atoms with van der Waals surface area (Å²) < 4.78 is 13.3. The van der Waals surface area contributed by atoms with Gasteiger partial charge in [0.25, 0.3) is 0 Å². The Kier molecular flexibility index (Phi) is 3.89. The van der Waals surface area contributed by atoms with Gasteiger partial charge in [0.1, 0.15) is 5.82 Å². The molecule has 1 saturated heterocycles. The van der Waals surface area contributed by atoms with Crippen molar-refractivity contribution in [1.82, 2.24) is 5.32 Å². The number of nitrogens with one attached hydrogen (secondary N) is 1. The first-order valence-electron chi connectivity index (χ1n) is 4.98. The van der Waals surface area contributed by atoms with Crippen molar-refractivity contribution in [2.45, 2.75) is 5.75 Å². The normalized spacial score (nSPS) is 16.4. The average molecular weight is 246 g/mol. The molecule has 1 aromatic rings. The van der Waals surface area contributed by atoms with Crippen molar-refractivity contribution < 1.29 is 4.39 Å². The molecule has 82 valence electrons. The van der Waals surface area contributed by atoms with Crippen molar-refractivity contribution >= 4 is 23.4 Å². The maximum absolute atomic E-state index is 13.3. The van der Waals surface area contributed by atoms with E-state index < -0.39 is 0 Å². The Balaban J connectivity index is 1.83. The first kappa shape index (κ1) is 11.2. The van der Waals surface area contributed by atoms with Crippen LogP contribution in [0.3, 0.4) is 0 Å². The number of halogens is 2. The molecule has 0 aliphatic carbocycles. The van der Waals surface area contributed by atoms with E-state index in [-0.39, 0.29) is 5.82 Å². The maximum atomic E-state index is 13.3. The van der Waals surface area contributed by atoms with Crippen LogP contribution in [0.15, 0.2) is 18.2 Å². The van der Waals surface area contributed by atoms with Crippen LogP contribution < -0.4 is 5.32 Å². The van der Waals surface area contributed by atoms with E-state index >= 15 is 0 Å². The molecule has 0 spiro atoms. The van der Waals surface area contributed by atoms with Crippen molar-refractivity contribution in [3.63, 3.8) is 0 Å². The van der Waals surface area contributed by atoms with Crippen LogP contribution in [0, 0.1) is 11.7 Å². The molecule has 15 heavy (non-hydrogen) atoms. The monoisotopic (exact) mass is 245 g/mol. The molecule has 0 unspecified atom stereocenters. The van der Waals surface area contributed by atoms with Crippen LogP contribution in [0.5, 0.6) is 0 Å². The molecular formula is C11H13ClFNS. The van der Waals surface area contributed by atoms with Crippen LogP contribution in [-0.2, 0) is 5.75 Å². The minimum absolute atomic E-state index is 0.154. The van der Waals surface area contributed by atoms with Crippen molar-refractivity contribution in [2.24, 2.45) is 5.92 Å². The van der Waals surface area contributed by atoms with E-state index in [4.69, 9.17) is 11.6 Å². The van der Waals surface area contributed by atoms with Gasteiger partial charge in [0.05, 0.1) is 0 Å². The number of benzene rings is 1. The quantitative estimate of drug-likeness (QED) is 0.876. The second-order valence-corrected chi connectivity index (χ2v) is 5.24. The third-order valence-electron chi connectivity index (χ3n) is 2.48. The molecule has 0 radical (unpaired) electrons. The standard InChI is InChI=1S/C11H13ClFNS/c12-10-1-2-11(13)9(3-10)7-15-6-8-4-14-5-8/h1-3,8,14H,4-7H2. The lowest BCUT2D eigenvalue weighted by Gasteiger charge is -2.26. The summed E-state index contributed by atoms with van der Waals surface area (Å²) in [5.41, 5.74) is 0.708. The molecule has 1 aromatic carbocycles. The van der Waals surface area contributed by atoms with Crippen molar-refractivity contribution in [3.8, 4) is 0 Å². The molecular weight excluding hydrogens is 233 g/mol. The van der Waals surface area contributed by atoms with E-state index in [9.17, 15) is 4.39 Å². The van der Waals surface area contributed by atoms with Gasteiger partial charge in [-0.2, -0.15) is 11.8 Å². The fourth-order valence-corrected chi connectivity index (χ4v) is 2.78. The SMILES string of the molecule is Fc1ccc(Cl)cc1CSCC1CNC1. The van der Waals surface area contributed by atoms with Crippen LogP contribution in [-0.4, -0.2) is 18.8 Å². The topological polar surface area (TPSA) is 12.0 Å². The molecule has 0 amide bonds. The van der Waals surface area contributed by atoms with E-state index in [0.717, 1.165) is 24.8 Å². The third kappa shape index (κ3) is 3.10. The highest BCUT2D eigenvalue weighted by Crippen LogP contribution is 2.22. The second kappa shape index (κ2) is 5.19. The van der Waals surface area contributed by atoms with E-state index in [0.29, 0.717) is 16.3 Å². The highest BCUT2D eigenvalue weighted by Gasteiger charge is 2.16. The van der Waals surface area contributed by atoms with Crippen molar-refractivity contribution in [1.29, 1.82) is 0 Å². The van der Waals surface area contributed by atoms with Gasteiger partial charge >= 0.3 is 0 Å². The fraction of sp³-hybridized carbons (Fsp3) is 0.455. The molecule has 1 aliphatic rings. The molecule has 0 aromatic heterocycles. The summed E-state index contributed by atoms with van der Waals surface area (Å²) in [6.07, 6.45) is 0. The molecule has 2 rings (SSSR count). The molecule has 1 heterocycles. The predicted molar refractivity (Wildman–Crippen MR) is 63.9 cm³/mol. The Bertz CT molecular complexity index is 341. The summed E-state index contributed by atoms with van der Waals surface area (Å²) >= 11 is 7.59. The second-order valence-electron chi connectivity index (χ2n) is 3.78. The number of rotatable bonds is 4. The van der Waals surface area contributed by atoms with E-state index in [2.05, 4.69) is 5.32 Å². The lowest BCUT2D eigenvalue weighted by atomic mass is 10.1. The van der Waals surface area contributed by atoms with E-state index in [1.165, 1.54) is 6.07 Å². The molecule has 4 heteroatoms. The summed E-state index contributed by atoms with van der Waals surface area (Å²) in [5, 5.41) is 3.83. The summed E-state index contributed by atoms with van der Waals surface area (Å²) in [6.45, 7) is 2.20. The highest BCUT2D eigenvalue weighted by atomic mass is 35.5. The Morgan fingerprint density at radius 2 is 2.27 bits per heavy atom. The maximum Gasteiger partial charge on any atom is 0.127 e. The van der Waals surface area contributed by atoms with Crippen LogP contribution in [0.1, 0.15) is 5.56 Å². The summed E-state index contributed by atoms with van der Waals surface area (Å²) in [5.74, 6) is 2.41. The minimum atomic E-state index is -0.154. The zero-order chi connectivity index (χ0) is 10.7.